The van der Waals surface area contributed by atoms with Gasteiger partial charge in [-0.05, 0) is 13.3 Å². The van der Waals surface area contributed by atoms with E-state index >= 15 is 0 Å². The highest BCUT2D eigenvalue weighted by molar-refractivity contribution is 7.99. The van der Waals surface area contributed by atoms with Crippen LogP contribution in [0.3, 0.4) is 0 Å². The van der Waals surface area contributed by atoms with Crippen molar-refractivity contribution in [3.63, 3.8) is 0 Å². The van der Waals surface area contributed by atoms with Gasteiger partial charge in [-0.15, -0.1) is 0 Å². The van der Waals surface area contributed by atoms with Gasteiger partial charge in [0.25, 0.3) is 0 Å². The molecule has 0 spiro atoms. The molecule has 0 saturated heterocycles. The molecule has 7 heteroatoms. The second kappa shape index (κ2) is 6.34. The molecule has 0 aliphatic heterocycles. The highest BCUT2D eigenvalue weighted by Gasteiger charge is 2.07. The Morgan fingerprint density at radius 3 is 2.83 bits per heavy atom. The zero-order valence-electron chi connectivity index (χ0n) is 10.5. The molecule has 6 nitrogen and oxygen atoms in total. The van der Waals surface area contributed by atoms with Crippen LogP contribution in [0.5, 0.6) is 0 Å². The first-order valence-corrected chi connectivity index (χ1v) is 6.93. The number of anilines is 1. The van der Waals surface area contributed by atoms with Crippen LogP contribution in [-0.4, -0.2) is 36.8 Å². The second-order valence-corrected chi connectivity index (χ2v) is 4.65. The second-order valence-electron chi connectivity index (χ2n) is 3.59. The van der Waals surface area contributed by atoms with Crippen molar-refractivity contribution >= 4 is 17.7 Å². The Bertz CT molecular complexity index is 484. The SMILES string of the molecule is CCCSc1nc(NCC)nc(-n2ccnc2)n1. The summed E-state index contributed by atoms with van der Waals surface area (Å²) < 4.78 is 1.78. The third kappa shape index (κ3) is 3.19. The zero-order chi connectivity index (χ0) is 12.8. The maximum Gasteiger partial charge on any atom is 0.240 e. The lowest BCUT2D eigenvalue weighted by atomic mass is 10.6. The number of imidazole rings is 1. The third-order valence-electron chi connectivity index (χ3n) is 2.11. The van der Waals surface area contributed by atoms with Gasteiger partial charge >= 0.3 is 0 Å². The molecule has 0 aromatic carbocycles. The van der Waals surface area contributed by atoms with Crippen molar-refractivity contribution in [2.45, 2.75) is 25.4 Å². The van der Waals surface area contributed by atoms with Crippen LogP contribution < -0.4 is 5.32 Å². The van der Waals surface area contributed by atoms with Crippen LogP contribution in [-0.2, 0) is 0 Å². The molecule has 0 atom stereocenters. The lowest BCUT2D eigenvalue weighted by Crippen LogP contribution is -2.08. The molecule has 18 heavy (non-hydrogen) atoms. The Labute approximate surface area is 110 Å². The van der Waals surface area contributed by atoms with Crippen LogP contribution in [0.25, 0.3) is 5.95 Å². The van der Waals surface area contributed by atoms with Crippen LogP contribution in [0, 0.1) is 0 Å². The number of nitrogens with zero attached hydrogens (tertiary/aromatic N) is 5. The average Bonchev–Trinajstić information content (AvgIpc) is 2.90. The molecular weight excluding hydrogens is 248 g/mol. The van der Waals surface area contributed by atoms with E-state index in [9.17, 15) is 0 Å². The normalized spacial score (nSPS) is 10.6. The third-order valence-corrected chi connectivity index (χ3v) is 3.16. The molecule has 0 amide bonds. The van der Waals surface area contributed by atoms with Gasteiger partial charge in [0, 0.05) is 24.7 Å². The van der Waals surface area contributed by atoms with Crippen molar-refractivity contribution in [2.75, 3.05) is 17.6 Å². The molecule has 0 saturated carbocycles. The quantitative estimate of drug-likeness (QED) is 0.805. The van der Waals surface area contributed by atoms with Gasteiger partial charge in [0.1, 0.15) is 6.33 Å². The van der Waals surface area contributed by atoms with Crippen LogP contribution in [0.15, 0.2) is 23.9 Å². The molecule has 2 rings (SSSR count). The van der Waals surface area contributed by atoms with Crippen molar-refractivity contribution in [1.82, 2.24) is 24.5 Å². The summed E-state index contributed by atoms with van der Waals surface area (Å²) in [6, 6.07) is 0. The van der Waals surface area contributed by atoms with E-state index in [-0.39, 0.29) is 0 Å². The Morgan fingerprint density at radius 1 is 1.28 bits per heavy atom. The standard InChI is InChI=1S/C11H16N6S/c1-3-7-18-11-15-9(13-4-2)14-10(16-11)17-6-5-12-8-17/h5-6,8H,3-4,7H2,1-2H3,(H,13,14,15,16). The van der Waals surface area contributed by atoms with Crippen molar-refractivity contribution in [3.8, 4) is 5.95 Å². The summed E-state index contributed by atoms with van der Waals surface area (Å²) in [7, 11) is 0. The molecule has 0 aliphatic rings. The van der Waals surface area contributed by atoms with E-state index < -0.39 is 0 Å². The minimum Gasteiger partial charge on any atom is -0.354 e. The number of hydrogen-bond donors (Lipinski definition) is 1. The minimum atomic E-state index is 0.594. The number of thioether (sulfide) groups is 1. The minimum absolute atomic E-state index is 0.594. The van der Waals surface area contributed by atoms with E-state index in [4.69, 9.17) is 0 Å². The van der Waals surface area contributed by atoms with E-state index in [0.29, 0.717) is 11.9 Å². The Hall–Kier alpha value is -1.63. The number of nitrogens with one attached hydrogen (secondary N) is 1. The molecular formula is C11H16N6S. The van der Waals surface area contributed by atoms with Crippen molar-refractivity contribution in [3.05, 3.63) is 18.7 Å². The van der Waals surface area contributed by atoms with E-state index in [1.165, 1.54) is 0 Å². The number of rotatable bonds is 6. The van der Waals surface area contributed by atoms with Gasteiger partial charge < -0.3 is 5.32 Å². The topological polar surface area (TPSA) is 68.5 Å². The fraction of sp³-hybridized carbons (Fsp3) is 0.455. The predicted molar refractivity (Wildman–Crippen MR) is 72.1 cm³/mol. The largest absolute Gasteiger partial charge is 0.354 e. The molecule has 0 fully saturated rings. The van der Waals surface area contributed by atoms with Gasteiger partial charge in [0.05, 0.1) is 0 Å². The molecule has 2 aromatic rings. The van der Waals surface area contributed by atoms with Crippen molar-refractivity contribution in [1.29, 1.82) is 0 Å². The molecule has 96 valence electrons. The smallest absolute Gasteiger partial charge is 0.240 e. The summed E-state index contributed by atoms with van der Waals surface area (Å²) in [4.78, 5) is 17.1. The lowest BCUT2D eigenvalue weighted by Gasteiger charge is -2.07. The molecule has 0 bridgehead atoms. The van der Waals surface area contributed by atoms with E-state index in [1.54, 1.807) is 28.9 Å². The molecule has 2 aromatic heterocycles. The predicted octanol–water partition coefficient (Wildman–Crippen LogP) is 1.99. The zero-order valence-corrected chi connectivity index (χ0v) is 11.3. The fourth-order valence-electron chi connectivity index (χ4n) is 1.33. The molecule has 1 N–H and O–H groups in total. The molecule has 2 heterocycles. The lowest BCUT2D eigenvalue weighted by molar-refractivity contribution is 0.823. The summed E-state index contributed by atoms with van der Waals surface area (Å²) in [6.07, 6.45) is 6.29. The summed E-state index contributed by atoms with van der Waals surface area (Å²) >= 11 is 1.64. The van der Waals surface area contributed by atoms with Gasteiger partial charge in [-0.3, -0.25) is 4.57 Å². The first-order valence-electron chi connectivity index (χ1n) is 5.94. The fourth-order valence-corrected chi connectivity index (χ4v) is 2.02. The van der Waals surface area contributed by atoms with Gasteiger partial charge in [-0.1, -0.05) is 18.7 Å². The molecule has 0 aliphatic carbocycles. The van der Waals surface area contributed by atoms with Crippen LogP contribution in [0.1, 0.15) is 20.3 Å². The van der Waals surface area contributed by atoms with Gasteiger partial charge in [0.15, 0.2) is 5.16 Å². The van der Waals surface area contributed by atoms with Crippen molar-refractivity contribution < 1.29 is 0 Å². The summed E-state index contributed by atoms with van der Waals surface area (Å²) in [6.45, 7) is 4.93. The maximum absolute atomic E-state index is 4.42. The first kappa shape index (κ1) is 12.8. The molecule has 0 unspecified atom stereocenters. The van der Waals surface area contributed by atoms with Gasteiger partial charge in [0.2, 0.25) is 11.9 Å². The Kier molecular flexibility index (Phi) is 4.52. The molecule has 0 radical (unpaired) electrons. The Morgan fingerprint density at radius 2 is 2.17 bits per heavy atom. The maximum atomic E-state index is 4.42. The summed E-state index contributed by atoms with van der Waals surface area (Å²) in [5, 5.41) is 3.86. The highest BCUT2D eigenvalue weighted by atomic mass is 32.2. The van der Waals surface area contributed by atoms with Gasteiger partial charge in [-0.25, -0.2) is 4.98 Å². The van der Waals surface area contributed by atoms with Gasteiger partial charge in [-0.2, -0.15) is 15.0 Å². The Balaban J connectivity index is 2.30. The van der Waals surface area contributed by atoms with Crippen LogP contribution in [0.2, 0.25) is 0 Å². The first-order chi connectivity index (χ1) is 8.83. The van der Waals surface area contributed by atoms with Crippen LogP contribution >= 0.6 is 11.8 Å². The summed E-state index contributed by atoms with van der Waals surface area (Å²) in [5.74, 6) is 2.20. The van der Waals surface area contributed by atoms with Crippen LogP contribution in [0.4, 0.5) is 5.95 Å². The average molecular weight is 264 g/mol. The van der Waals surface area contributed by atoms with E-state index in [2.05, 4.69) is 32.2 Å². The number of aromatic nitrogens is 5. The van der Waals surface area contributed by atoms with Crippen molar-refractivity contribution in [2.24, 2.45) is 0 Å². The number of hydrogen-bond acceptors (Lipinski definition) is 6. The summed E-state index contributed by atoms with van der Waals surface area (Å²) in [5.41, 5.74) is 0. The highest BCUT2D eigenvalue weighted by Crippen LogP contribution is 2.16. The van der Waals surface area contributed by atoms with E-state index in [0.717, 1.165) is 23.9 Å². The van der Waals surface area contributed by atoms with E-state index in [1.807, 2.05) is 13.1 Å². The monoisotopic (exact) mass is 264 g/mol.